The van der Waals surface area contributed by atoms with Gasteiger partial charge in [-0.1, -0.05) is 18.6 Å². The zero-order valence-corrected chi connectivity index (χ0v) is 12.4. The van der Waals surface area contributed by atoms with Crippen molar-refractivity contribution in [2.45, 2.75) is 38.6 Å². The lowest BCUT2D eigenvalue weighted by atomic mass is 10.0. The number of nitrogens with one attached hydrogen (secondary N) is 1. The van der Waals surface area contributed by atoms with Gasteiger partial charge >= 0.3 is 0 Å². The van der Waals surface area contributed by atoms with E-state index in [1.165, 1.54) is 19.3 Å². The van der Waals surface area contributed by atoms with E-state index < -0.39 is 0 Å². The minimum absolute atomic E-state index is 0. The molecule has 1 N–H and O–H groups in total. The summed E-state index contributed by atoms with van der Waals surface area (Å²) in [5, 5.41) is 3.53. The van der Waals surface area contributed by atoms with Crippen molar-refractivity contribution in [1.29, 1.82) is 0 Å². The number of ether oxygens (including phenoxy) is 2. The lowest BCUT2D eigenvalue weighted by molar-refractivity contribution is 0.249. The summed E-state index contributed by atoms with van der Waals surface area (Å²) in [6, 6.07) is 8.51. The summed E-state index contributed by atoms with van der Waals surface area (Å²) < 4.78 is 11.4. The lowest BCUT2D eigenvalue weighted by Crippen LogP contribution is -2.35. The maximum Gasteiger partial charge on any atom is 0.161 e. The van der Waals surface area contributed by atoms with Gasteiger partial charge in [0.15, 0.2) is 11.5 Å². The number of halogens is 1. The van der Waals surface area contributed by atoms with E-state index in [1.807, 2.05) is 31.2 Å². The molecule has 108 valence electrons. The van der Waals surface area contributed by atoms with Crippen LogP contribution in [0.3, 0.4) is 0 Å². The highest BCUT2D eigenvalue weighted by Crippen LogP contribution is 2.26. The van der Waals surface area contributed by atoms with Gasteiger partial charge in [0.25, 0.3) is 0 Å². The fourth-order valence-electron chi connectivity index (χ4n) is 2.33. The Hall–Kier alpha value is -0.930. The molecule has 1 aliphatic heterocycles. The van der Waals surface area contributed by atoms with E-state index in [0.29, 0.717) is 12.6 Å². The minimum atomic E-state index is 0. The van der Waals surface area contributed by atoms with Crippen molar-refractivity contribution in [1.82, 2.24) is 5.32 Å². The molecule has 1 aromatic carbocycles. The molecule has 4 heteroatoms. The third-order valence-corrected chi connectivity index (χ3v) is 3.29. The van der Waals surface area contributed by atoms with E-state index in [4.69, 9.17) is 9.47 Å². The van der Waals surface area contributed by atoms with Gasteiger partial charge in [0.2, 0.25) is 0 Å². The molecular formula is C15H24ClNO2. The maximum absolute atomic E-state index is 5.83. The molecule has 1 saturated heterocycles. The Kier molecular flexibility index (Phi) is 7.68. The van der Waals surface area contributed by atoms with Gasteiger partial charge in [0.1, 0.15) is 0 Å². The van der Waals surface area contributed by atoms with Crippen LogP contribution in [0.15, 0.2) is 24.3 Å². The summed E-state index contributed by atoms with van der Waals surface area (Å²) in [6.45, 7) is 4.56. The topological polar surface area (TPSA) is 30.5 Å². The van der Waals surface area contributed by atoms with Gasteiger partial charge in [-0.15, -0.1) is 12.4 Å². The van der Waals surface area contributed by atoms with Crippen LogP contribution in [-0.2, 0) is 0 Å². The van der Waals surface area contributed by atoms with Crippen molar-refractivity contribution in [2.75, 3.05) is 19.8 Å². The van der Waals surface area contributed by atoms with Crippen LogP contribution in [0.1, 0.15) is 32.6 Å². The molecule has 1 aromatic rings. The highest BCUT2D eigenvalue weighted by molar-refractivity contribution is 5.85. The third-order valence-electron chi connectivity index (χ3n) is 3.29. The molecule has 0 spiro atoms. The molecule has 0 amide bonds. The molecule has 1 aliphatic rings. The smallest absolute Gasteiger partial charge is 0.161 e. The monoisotopic (exact) mass is 285 g/mol. The summed E-state index contributed by atoms with van der Waals surface area (Å²) in [5.41, 5.74) is 0. The third kappa shape index (κ3) is 5.29. The number of hydrogen-bond donors (Lipinski definition) is 1. The Bertz CT molecular complexity index is 354. The average molecular weight is 286 g/mol. The standard InChI is InChI=1S/C15H23NO2.ClH/c1-2-17-14-8-3-4-9-15(14)18-12-10-13-7-5-6-11-16-13;/h3-4,8-9,13,16H,2,5-7,10-12H2,1H3;1H. The summed E-state index contributed by atoms with van der Waals surface area (Å²) in [4.78, 5) is 0. The Morgan fingerprint density at radius 2 is 1.89 bits per heavy atom. The first-order chi connectivity index (χ1) is 8.90. The molecule has 2 rings (SSSR count). The fraction of sp³-hybridized carbons (Fsp3) is 0.600. The van der Waals surface area contributed by atoms with Crippen LogP contribution in [0.4, 0.5) is 0 Å². The van der Waals surface area contributed by atoms with Crippen LogP contribution in [0.2, 0.25) is 0 Å². The average Bonchev–Trinajstić information content (AvgIpc) is 2.42. The van der Waals surface area contributed by atoms with Crippen LogP contribution >= 0.6 is 12.4 Å². The van der Waals surface area contributed by atoms with Gasteiger partial charge in [-0.2, -0.15) is 0 Å². The highest BCUT2D eigenvalue weighted by atomic mass is 35.5. The summed E-state index contributed by atoms with van der Waals surface area (Å²) in [5.74, 6) is 1.70. The van der Waals surface area contributed by atoms with Crippen molar-refractivity contribution < 1.29 is 9.47 Å². The SMILES string of the molecule is CCOc1ccccc1OCCC1CCCCN1.Cl. The normalized spacial score (nSPS) is 18.5. The fourth-order valence-corrected chi connectivity index (χ4v) is 2.33. The van der Waals surface area contributed by atoms with Gasteiger partial charge in [-0.25, -0.2) is 0 Å². The largest absolute Gasteiger partial charge is 0.490 e. The molecule has 0 bridgehead atoms. The van der Waals surface area contributed by atoms with Crippen molar-refractivity contribution in [2.24, 2.45) is 0 Å². The second-order valence-corrected chi connectivity index (χ2v) is 4.66. The highest BCUT2D eigenvalue weighted by Gasteiger charge is 2.12. The molecule has 3 nitrogen and oxygen atoms in total. The van der Waals surface area contributed by atoms with Gasteiger partial charge < -0.3 is 14.8 Å². The summed E-state index contributed by atoms with van der Waals surface area (Å²) in [7, 11) is 0. The van der Waals surface area contributed by atoms with E-state index in [9.17, 15) is 0 Å². The molecule has 0 radical (unpaired) electrons. The van der Waals surface area contributed by atoms with Crippen molar-refractivity contribution in [3.8, 4) is 11.5 Å². The van der Waals surface area contributed by atoms with Crippen LogP contribution in [-0.4, -0.2) is 25.8 Å². The first-order valence-corrected chi connectivity index (χ1v) is 6.98. The summed E-state index contributed by atoms with van der Waals surface area (Å²) >= 11 is 0. The number of para-hydroxylation sites is 2. The molecular weight excluding hydrogens is 262 g/mol. The molecule has 0 aromatic heterocycles. The van der Waals surface area contributed by atoms with Crippen molar-refractivity contribution >= 4 is 12.4 Å². The molecule has 0 aliphatic carbocycles. The number of piperidine rings is 1. The van der Waals surface area contributed by atoms with Crippen molar-refractivity contribution in [3.63, 3.8) is 0 Å². The lowest BCUT2D eigenvalue weighted by Gasteiger charge is -2.23. The first kappa shape index (κ1) is 16.1. The maximum atomic E-state index is 5.83. The number of benzene rings is 1. The quantitative estimate of drug-likeness (QED) is 0.869. The minimum Gasteiger partial charge on any atom is -0.490 e. The van der Waals surface area contributed by atoms with E-state index in [1.54, 1.807) is 0 Å². The van der Waals surface area contributed by atoms with E-state index >= 15 is 0 Å². The second-order valence-electron chi connectivity index (χ2n) is 4.66. The first-order valence-electron chi connectivity index (χ1n) is 6.98. The Morgan fingerprint density at radius 3 is 2.53 bits per heavy atom. The Labute approximate surface area is 122 Å². The molecule has 1 atom stereocenters. The number of rotatable bonds is 6. The predicted octanol–water partition coefficient (Wildman–Crippen LogP) is 3.42. The number of hydrogen-bond acceptors (Lipinski definition) is 3. The Morgan fingerprint density at radius 1 is 1.16 bits per heavy atom. The van der Waals surface area contributed by atoms with Gasteiger partial charge in [-0.05, 0) is 44.9 Å². The zero-order chi connectivity index (χ0) is 12.6. The van der Waals surface area contributed by atoms with Crippen LogP contribution < -0.4 is 14.8 Å². The van der Waals surface area contributed by atoms with E-state index in [2.05, 4.69) is 5.32 Å². The van der Waals surface area contributed by atoms with Crippen LogP contribution in [0.25, 0.3) is 0 Å². The second kappa shape index (κ2) is 9.05. The zero-order valence-electron chi connectivity index (χ0n) is 11.6. The molecule has 1 fully saturated rings. The predicted molar refractivity (Wildman–Crippen MR) is 80.6 cm³/mol. The summed E-state index contributed by atoms with van der Waals surface area (Å²) in [6.07, 6.45) is 4.99. The molecule has 1 heterocycles. The molecule has 1 unspecified atom stereocenters. The molecule has 19 heavy (non-hydrogen) atoms. The van der Waals surface area contributed by atoms with Crippen LogP contribution in [0, 0.1) is 0 Å². The molecule has 0 saturated carbocycles. The van der Waals surface area contributed by atoms with Gasteiger partial charge in [0, 0.05) is 6.04 Å². The van der Waals surface area contributed by atoms with Crippen molar-refractivity contribution in [3.05, 3.63) is 24.3 Å². The Balaban J connectivity index is 0.00000180. The van der Waals surface area contributed by atoms with Crippen LogP contribution in [0.5, 0.6) is 11.5 Å². The van der Waals surface area contributed by atoms with E-state index in [0.717, 1.165) is 31.1 Å². The van der Waals surface area contributed by atoms with Gasteiger partial charge in [0.05, 0.1) is 13.2 Å². The van der Waals surface area contributed by atoms with Gasteiger partial charge in [-0.3, -0.25) is 0 Å². The van der Waals surface area contributed by atoms with E-state index in [-0.39, 0.29) is 12.4 Å².